The van der Waals surface area contributed by atoms with Crippen LogP contribution in [-0.2, 0) is 9.59 Å². The van der Waals surface area contributed by atoms with Crippen LogP contribution in [0.1, 0.15) is 6.42 Å². The van der Waals surface area contributed by atoms with Crippen molar-refractivity contribution in [3.63, 3.8) is 0 Å². The van der Waals surface area contributed by atoms with Crippen molar-refractivity contribution in [2.75, 3.05) is 31.1 Å². The Bertz CT molecular complexity index is 566. The first-order valence-electron chi connectivity index (χ1n) is 6.80. The molecule has 2 rings (SSSR count). The third kappa shape index (κ3) is 3.91. The predicted octanol–water partition coefficient (Wildman–Crippen LogP) is 0.512. The Kier molecular flexibility index (Phi) is 4.92. The summed E-state index contributed by atoms with van der Waals surface area (Å²) in [6, 6.07) is 6.94. The highest BCUT2D eigenvalue weighted by Gasteiger charge is 2.28. The highest BCUT2D eigenvalue weighted by atomic mass is 19.3. The van der Waals surface area contributed by atoms with Crippen LogP contribution in [0.5, 0.6) is 5.75 Å². The first-order chi connectivity index (χ1) is 10.4. The first kappa shape index (κ1) is 16.2. The van der Waals surface area contributed by atoms with Gasteiger partial charge in [0.2, 0.25) is 5.91 Å². The van der Waals surface area contributed by atoms with Crippen molar-refractivity contribution >= 4 is 17.5 Å². The maximum absolute atomic E-state index is 12.9. The number of anilines is 1. The molecule has 0 atom stereocenters. The van der Waals surface area contributed by atoms with Gasteiger partial charge in [-0.3, -0.25) is 9.59 Å². The maximum atomic E-state index is 12.9. The molecule has 120 valence electrons. The Morgan fingerprint density at radius 1 is 1.41 bits per heavy atom. The zero-order valence-electron chi connectivity index (χ0n) is 11.9. The number of carbonyl (C=O) groups is 2. The number of fused-ring (bicyclic) bond motifs is 1. The van der Waals surface area contributed by atoms with E-state index < -0.39 is 24.9 Å². The van der Waals surface area contributed by atoms with Crippen LogP contribution in [0.3, 0.4) is 0 Å². The van der Waals surface area contributed by atoms with Crippen LogP contribution in [0.25, 0.3) is 0 Å². The quantitative estimate of drug-likeness (QED) is 0.801. The number of hydrogen-bond acceptors (Lipinski definition) is 4. The van der Waals surface area contributed by atoms with Gasteiger partial charge in [0.1, 0.15) is 5.75 Å². The van der Waals surface area contributed by atoms with Gasteiger partial charge in [-0.1, -0.05) is 12.1 Å². The van der Waals surface area contributed by atoms with Crippen molar-refractivity contribution in [2.45, 2.75) is 12.3 Å². The van der Waals surface area contributed by atoms with Gasteiger partial charge in [-0.15, -0.1) is 0 Å². The second-order valence-corrected chi connectivity index (χ2v) is 4.89. The molecule has 1 aromatic carbocycles. The molecule has 8 heteroatoms. The fraction of sp³-hybridized carbons (Fsp3) is 0.429. The van der Waals surface area contributed by atoms with Crippen molar-refractivity contribution in [1.29, 1.82) is 0 Å². The van der Waals surface area contributed by atoms with Crippen molar-refractivity contribution in [3.8, 4) is 5.75 Å². The summed E-state index contributed by atoms with van der Waals surface area (Å²) < 4.78 is 31.2. The minimum Gasteiger partial charge on any atom is -0.482 e. The molecule has 1 aromatic rings. The summed E-state index contributed by atoms with van der Waals surface area (Å²) in [5, 5.41) is 2.11. The first-order valence-corrected chi connectivity index (χ1v) is 6.80. The number of nitrogens with one attached hydrogen (secondary N) is 1. The molecule has 0 saturated heterocycles. The number of halogens is 2. The third-order valence-electron chi connectivity index (χ3n) is 3.21. The van der Waals surface area contributed by atoms with Crippen LogP contribution in [-0.4, -0.2) is 44.0 Å². The van der Waals surface area contributed by atoms with Gasteiger partial charge in [0.15, 0.2) is 6.61 Å². The molecular weight excluding hydrogens is 296 g/mol. The number of carbonyl (C=O) groups excluding carboxylic acids is 2. The smallest absolute Gasteiger partial charge is 0.277 e. The fourth-order valence-electron chi connectivity index (χ4n) is 2.00. The van der Waals surface area contributed by atoms with E-state index in [9.17, 15) is 18.4 Å². The van der Waals surface area contributed by atoms with E-state index >= 15 is 0 Å². The van der Waals surface area contributed by atoms with E-state index in [0.717, 1.165) is 0 Å². The summed E-state index contributed by atoms with van der Waals surface area (Å²) in [7, 11) is 0. The van der Waals surface area contributed by atoms with Crippen molar-refractivity contribution in [1.82, 2.24) is 5.32 Å². The Morgan fingerprint density at radius 2 is 2.14 bits per heavy atom. The monoisotopic (exact) mass is 313 g/mol. The molecule has 0 spiro atoms. The van der Waals surface area contributed by atoms with Crippen molar-refractivity contribution in [2.24, 2.45) is 5.73 Å². The van der Waals surface area contributed by atoms with Crippen LogP contribution >= 0.6 is 0 Å². The van der Waals surface area contributed by atoms with Crippen LogP contribution in [0.15, 0.2) is 24.3 Å². The Hall–Kier alpha value is -2.22. The number of nitrogens with zero attached hydrogens (tertiary/aromatic N) is 1. The molecular formula is C14H17F2N3O3. The second-order valence-electron chi connectivity index (χ2n) is 4.89. The summed E-state index contributed by atoms with van der Waals surface area (Å²) >= 11 is 0. The van der Waals surface area contributed by atoms with Gasteiger partial charge >= 0.3 is 0 Å². The average molecular weight is 313 g/mol. The van der Waals surface area contributed by atoms with Crippen LogP contribution < -0.4 is 20.7 Å². The van der Waals surface area contributed by atoms with E-state index in [1.807, 2.05) is 0 Å². The largest absolute Gasteiger partial charge is 0.482 e. The van der Waals surface area contributed by atoms with E-state index in [4.69, 9.17) is 10.5 Å². The molecule has 0 saturated carbocycles. The molecule has 6 nitrogen and oxygen atoms in total. The number of para-hydroxylation sites is 2. The number of benzene rings is 1. The normalized spacial score (nSPS) is 14.3. The van der Waals surface area contributed by atoms with Crippen molar-refractivity contribution < 1.29 is 23.1 Å². The molecule has 0 unspecified atom stereocenters. The SMILES string of the molecule is NCC(F)(F)CNC(=O)CCN1C(=O)COc2ccccc21. The lowest BCUT2D eigenvalue weighted by Crippen LogP contribution is -2.44. The van der Waals surface area contributed by atoms with Gasteiger partial charge in [0.25, 0.3) is 11.8 Å². The minimum atomic E-state index is -3.13. The van der Waals surface area contributed by atoms with Crippen LogP contribution in [0, 0.1) is 0 Å². The maximum Gasteiger partial charge on any atom is 0.277 e. The number of amides is 2. The molecule has 0 bridgehead atoms. The highest BCUT2D eigenvalue weighted by Crippen LogP contribution is 2.31. The zero-order valence-corrected chi connectivity index (χ0v) is 11.9. The lowest BCUT2D eigenvalue weighted by Gasteiger charge is -2.29. The van der Waals surface area contributed by atoms with E-state index in [2.05, 4.69) is 5.32 Å². The molecule has 3 N–H and O–H groups in total. The second kappa shape index (κ2) is 6.69. The van der Waals surface area contributed by atoms with Gasteiger partial charge in [0, 0.05) is 13.0 Å². The molecule has 1 aliphatic heterocycles. The fourth-order valence-corrected chi connectivity index (χ4v) is 2.00. The van der Waals surface area contributed by atoms with E-state index in [1.54, 1.807) is 24.3 Å². The number of nitrogens with two attached hydrogens (primary N) is 1. The third-order valence-corrected chi connectivity index (χ3v) is 3.21. The summed E-state index contributed by atoms with van der Waals surface area (Å²) in [4.78, 5) is 24.9. The molecule has 2 amide bonds. The number of rotatable bonds is 6. The van der Waals surface area contributed by atoms with Crippen LogP contribution in [0.2, 0.25) is 0 Å². The van der Waals surface area contributed by atoms with Gasteiger partial charge in [-0.25, -0.2) is 8.78 Å². The molecule has 22 heavy (non-hydrogen) atoms. The van der Waals surface area contributed by atoms with E-state index in [0.29, 0.717) is 11.4 Å². The van der Waals surface area contributed by atoms with Gasteiger partial charge in [-0.05, 0) is 12.1 Å². The molecule has 0 aromatic heterocycles. The van der Waals surface area contributed by atoms with E-state index in [-0.39, 0.29) is 25.5 Å². The molecule has 0 radical (unpaired) electrons. The predicted molar refractivity (Wildman–Crippen MR) is 75.9 cm³/mol. The zero-order chi connectivity index (χ0) is 16.2. The van der Waals surface area contributed by atoms with Gasteiger partial charge in [0.05, 0.1) is 18.8 Å². The van der Waals surface area contributed by atoms with Gasteiger partial charge in [-0.2, -0.15) is 0 Å². The number of hydrogen-bond donors (Lipinski definition) is 2. The summed E-state index contributed by atoms with van der Waals surface area (Å²) in [5.41, 5.74) is 5.45. The van der Waals surface area contributed by atoms with E-state index in [1.165, 1.54) is 4.90 Å². The molecule has 1 aliphatic rings. The Morgan fingerprint density at radius 3 is 2.86 bits per heavy atom. The van der Waals surface area contributed by atoms with Crippen LogP contribution in [0.4, 0.5) is 14.5 Å². The molecule has 1 heterocycles. The summed E-state index contributed by atoms with van der Waals surface area (Å²) in [6.07, 6.45) is -0.0826. The lowest BCUT2D eigenvalue weighted by atomic mass is 10.2. The van der Waals surface area contributed by atoms with Crippen molar-refractivity contribution in [3.05, 3.63) is 24.3 Å². The van der Waals surface area contributed by atoms with Gasteiger partial charge < -0.3 is 20.7 Å². The number of ether oxygens (including phenoxy) is 1. The minimum absolute atomic E-state index is 0.0826. The molecule has 0 aliphatic carbocycles. The molecule has 0 fully saturated rings. The standard InChI is InChI=1S/C14H17F2N3O3/c15-14(16,8-17)9-18-12(20)5-6-19-10-3-1-2-4-11(10)22-7-13(19)21/h1-4H,5-9,17H2,(H,18,20). The average Bonchev–Trinajstić information content (AvgIpc) is 2.52. The number of alkyl halides is 2. The Labute approximate surface area is 126 Å². The lowest BCUT2D eigenvalue weighted by molar-refractivity contribution is -0.123. The highest BCUT2D eigenvalue weighted by molar-refractivity contribution is 5.98. The topological polar surface area (TPSA) is 84.7 Å². The summed E-state index contributed by atoms with van der Waals surface area (Å²) in [5.74, 6) is -3.42. The Balaban J connectivity index is 1.91. The summed E-state index contributed by atoms with van der Waals surface area (Å²) in [6.45, 7) is -1.65.